The van der Waals surface area contributed by atoms with Crippen molar-refractivity contribution in [3.05, 3.63) is 35.7 Å². The molecule has 23 heavy (non-hydrogen) atoms. The van der Waals surface area contributed by atoms with Crippen molar-refractivity contribution in [2.45, 2.75) is 32.7 Å². The maximum Gasteiger partial charge on any atom is 0.235 e. The zero-order chi connectivity index (χ0) is 16.4. The monoisotopic (exact) mass is 352 g/mol. The van der Waals surface area contributed by atoms with E-state index in [-0.39, 0.29) is 5.75 Å². The van der Waals surface area contributed by atoms with Crippen molar-refractivity contribution < 1.29 is 8.42 Å². The van der Waals surface area contributed by atoms with E-state index in [0.29, 0.717) is 25.4 Å². The van der Waals surface area contributed by atoms with E-state index in [0.717, 1.165) is 22.2 Å². The predicted octanol–water partition coefficient (Wildman–Crippen LogP) is 2.81. The van der Waals surface area contributed by atoms with Crippen molar-refractivity contribution in [3.8, 4) is 0 Å². The minimum Gasteiger partial charge on any atom is -0.356 e. The van der Waals surface area contributed by atoms with Crippen LogP contribution in [-0.4, -0.2) is 30.1 Å². The first kappa shape index (κ1) is 16.2. The Hall–Kier alpha value is -1.67. The lowest BCUT2D eigenvalue weighted by atomic mass is 10.2. The van der Waals surface area contributed by atoms with Gasteiger partial charge in [0, 0.05) is 30.5 Å². The molecule has 0 unspecified atom stereocenters. The average Bonchev–Trinajstić information content (AvgIpc) is 3.11. The van der Waals surface area contributed by atoms with E-state index in [1.807, 2.05) is 24.3 Å². The van der Waals surface area contributed by atoms with Gasteiger partial charge in [0.25, 0.3) is 0 Å². The number of rotatable bonds is 5. The standard InChI is InChI=1S/C15H20N4O2S2/c1-11(2)14-17-15(22-18-14)16-10-12-5-3-6-13(9-12)19-7-4-8-23(19,20)21/h3,5-6,9,11H,4,7-8,10H2,1-2H3,(H,16,17,18). The van der Waals surface area contributed by atoms with Crippen LogP contribution in [0.4, 0.5) is 10.8 Å². The lowest BCUT2D eigenvalue weighted by Crippen LogP contribution is -2.25. The highest BCUT2D eigenvalue weighted by Gasteiger charge is 2.28. The normalized spacial score (nSPS) is 16.9. The second-order valence-electron chi connectivity index (χ2n) is 5.88. The molecular formula is C15H20N4O2S2. The number of anilines is 2. The van der Waals surface area contributed by atoms with Gasteiger partial charge < -0.3 is 5.32 Å². The minimum absolute atomic E-state index is 0.234. The maximum atomic E-state index is 12.0. The highest BCUT2D eigenvalue weighted by molar-refractivity contribution is 7.93. The van der Waals surface area contributed by atoms with E-state index in [1.165, 1.54) is 15.8 Å². The number of hydrogen-bond donors (Lipinski definition) is 1. The quantitative estimate of drug-likeness (QED) is 0.895. The summed E-state index contributed by atoms with van der Waals surface area (Å²) in [6.45, 7) is 5.28. The van der Waals surface area contributed by atoms with Gasteiger partial charge in [0.05, 0.1) is 11.4 Å². The van der Waals surface area contributed by atoms with Crippen molar-refractivity contribution in [2.24, 2.45) is 0 Å². The Labute approximate surface area is 140 Å². The molecule has 1 saturated heterocycles. The molecule has 0 bridgehead atoms. The number of aromatic nitrogens is 2. The summed E-state index contributed by atoms with van der Waals surface area (Å²) >= 11 is 1.35. The number of benzene rings is 1. The molecule has 2 heterocycles. The van der Waals surface area contributed by atoms with Gasteiger partial charge in [0.15, 0.2) is 0 Å². The smallest absolute Gasteiger partial charge is 0.235 e. The average molecular weight is 352 g/mol. The summed E-state index contributed by atoms with van der Waals surface area (Å²) in [4.78, 5) is 4.44. The first-order valence-electron chi connectivity index (χ1n) is 7.62. The number of sulfonamides is 1. The third-order valence-corrected chi connectivity index (χ3v) is 6.26. The van der Waals surface area contributed by atoms with Crippen LogP contribution >= 0.6 is 11.5 Å². The van der Waals surface area contributed by atoms with E-state index in [4.69, 9.17) is 0 Å². The molecule has 1 aromatic carbocycles. The lowest BCUT2D eigenvalue weighted by Gasteiger charge is -2.17. The molecule has 3 rings (SSSR count). The van der Waals surface area contributed by atoms with E-state index in [1.54, 1.807) is 0 Å². The Kier molecular flexibility index (Phi) is 4.54. The third kappa shape index (κ3) is 3.64. The zero-order valence-corrected chi connectivity index (χ0v) is 14.8. The van der Waals surface area contributed by atoms with Crippen molar-refractivity contribution in [1.29, 1.82) is 0 Å². The van der Waals surface area contributed by atoms with Gasteiger partial charge in [-0.05, 0) is 24.1 Å². The maximum absolute atomic E-state index is 12.0. The van der Waals surface area contributed by atoms with Crippen molar-refractivity contribution in [1.82, 2.24) is 9.36 Å². The summed E-state index contributed by atoms with van der Waals surface area (Å²) in [5, 5.41) is 4.04. The van der Waals surface area contributed by atoms with E-state index >= 15 is 0 Å². The summed E-state index contributed by atoms with van der Waals surface area (Å²) in [7, 11) is -3.14. The third-order valence-electron chi connectivity index (χ3n) is 3.70. The summed E-state index contributed by atoms with van der Waals surface area (Å²) in [5.41, 5.74) is 1.76. The number of hydrogen-bond acceptors (Lipinski definition) is 6. The number of nitrogens with zero attached hydrogens (tertiary/aromatic N) is 3. The molecule has 0 atom stereocenters. The van der Waals surface area contributed by atoms with Crippen molar-refractivity contribution in [3.63, 3.8) is 0 Å². The van der Waals surface area contributed by atoms with Crippen LogP contribution in [0.5, 0.6) is 0 Å². The van der Waals surface area contributed by atoms with E-state index < -0.39 is 10.0 Å². The predicted molar refractivity (Wildman–Crippen MR) is 93.5 cm³/mol. The first-order valence-corrected chi connectivity index (χ1v) is 10.0. The van der Waals surface area contributed by atoms with E-state index in [2.05, 4.69) is 28.5 Å². The SMILES string of the molecule is CC(C)c1nsc(NCc2cccc(N3CCCS3(=O)=O)c2)n1. The highest BCUT2D eigenvalue weighted by atomic mass is 32.2. The topological polar surface area (TPSA) is 75.2 Å². The molecule has 1 N–H and O–H groups in total. The van der Waals surface area contributed by atoms with Crippen molar-refractivity contribution in [2.75, 3.05) is 21.9 Å². The van der Waals surface area contributed by atoms with Crippen LogP contribution < -0.4 is 9.62 Å². The molecule has 0 spiro atoms. The van der Waals surface area contributed by atoms with Gasteiger partial charge in [-0.1, -0.05) is 26.0 Å². The molecule has 0 aliphatic carbocycles. The lowest BCUT2D eigenvalue weighted by molar-refractivity contribution is 0.599. The molecule has 2 aromatic rings. The molecule has 1 aromatic heterocycles. The van der Waals surface area contributed by atoms with Crippen LogP contribution in [0.2, 0.25) is 0 Å². The fraction of sp³-hybridized carbons (Fsp3) is 0.467. The van der Waals surface area contributed by atoms with Crippen LogP contribution in [0.3, 0.4) is 0 Å². The minimum atomic E-state index is -3.14. The van der Waals surface area contributed by atoms with Crippen LogP contribution in [0.15, 0.2) is 24.3 Å². The second kappa shape index (κ2) is 6.45. The van der Waals surface area contributed by atoms with Gasteiger partial charge in [-0.25, -0.2) is 13.4 Å². The Balaban J connectivity index is 1.70. The Morgan fingerprint density at radius 1 is 1.39 bits per heavy atom. The van der Waals surface area contributed by atoms with Gasteiger partial charge in [-0.3, -0.25) is 4.31 Å². The molecule has 0 saturated carbocycles. The van der Waals surface area contributed by atoms with Gasteiger partial charge in [0.2, 0.25) is 15.2 Å². The second-order valence-corrected chi connectivity index (χ2v) is 8.64. The van der Waals surface area contributed by atoms with Gasteiger partial charge in [0.1, 0.15) is 5.82 Å². The fourth-order valence-electron chi connectivity index (χ4n) is 2.47. The molecule has 6 nitrogen and oxygen atoms in total. The molecule has 124 valence electrons. The summed E-state index contributed by atoms with van der Waals surface area (Å²) in [6, 6.07) is 7.62. The van der Waals surface area contributed by atoms with Crippen LogP contribution in [-0.2, 0) is 16.6 Å². The largest absolute Gasteiger partial charge is 0.356 e. The Morgan fingerprint density at radius 3 is 2.87 bits per heavy atom. The van der Waals surface area contributed by atoms with Crippen LogP contribution in [0, 0.1) is 0 Å². The van der Waals surface area contributed by atoms with Crippen LogP contribution in [0.25, 0.3) is 0 Å². The summed E-state index contributed by atoms with van der Waals surface area (Å²) in [6.07, 6.45) is 0.688. The van der Waals surface area contributed by atoms with E-state index in [9.17, 15) is 8.42 Å². The molecule has 0 amide bonds. The molecular weight excluding hydrogens is 332 g/mol. The Morgan fingerprint density at radius 2 is 2.22 bits per heavy atom. The molecule has 1 aliphatic rings. The molecule has 8 heteroatoms. The summed E-state index contributed by atoms with van der Waals surface area (Å²) < 4.78 is 29.8. The highest BCUT2D eigenvalue weighted by Crippen LogP contribution is 2.25. The zero-order valence-electron chi connectivity index (χ0n) is 13.2. The number of nitrogens with one attached hydrogen (secondary N) is 1. The fourth-order valence-corrected chi connectivity index (χ4v) is 4.73. The van der Waals surface area contributed by atoms with Gasteiger partial charge >= 0.3 is 0 Å². The van der Waals surface area contributed by atoms with Crippen LogP contribution in [0.1, 0.15) is 37.6 Å². The molecule has 1 fully saturated rings. The summed E-state index contributed by atoms with van der Waals surface area (Å²) in [5.74, 6) is 1.39. The van der Waals surface area contributed by atoms with Gasteiger partial charge in [-0.15, -0.1) is 0 Å². The first-order chi connectivity index (χ1) is 11.0. The Bertz CT molecular complexity index is 786. The molecule has 0 radical (unpaired) electrons. The van der Waals surface area contributed by atoms with Crippen molar-refractivity contribution >= 4 is 32.4 Å². The molecule has 1 aliphatic heterocycles. The van der Waals surface area contributed by atoms with Gasteiger partial charge in [-0.2, -0.15) is 4.37 Å².